The van der Waals surface area contributed by atoms with E-state index in [1.165, 1.54) is 21.3 Å². The fourth-order valence-electron chi connectivity index (χ4n) is 4.41. The standard InChI is InChI=1S/C29H41FN2O5S/c1-20(2)17-32(27-13-8-21(3)16-22(27)4)38(34,35)25-11-9-24(10-12-25)36-19-23-14-15-31(18-26(23)30)28(33)37-29(5,6)7/h8-13,16,20,23,26H,14-15,17-19H2,1-7H3/t23-,26-/m0/s1. The van der Waals surface area contributed by atoms with Gasteiger partial charge in [0.25, 0.3) is 10.0 Å². The zero-order valence-electron chi connectivity index (χ0n) is 23.5. The Balaban J connectivity index is 1.66. The lowest BCUT2D eigenvalue weighted by atomic mass is 9.96. The van der Waals surface area contributed by atoms with E-state index in [0.717, 1.165) is 11.1 Å². The van der Waals surface area contributed by atoms with Gasteiger partial charge in [-0.3, -0.25) is 4.31 Å². The second kappa shape index (κ2) is 11.9. The van der Waals surface area contributed by atoms with Crippen LogP contribution < -0.4 is 9.04 Å². The average Bonchev–Trinajstić information content (AvgIpc) is 2.81. The molecule has 0 saturated carbocycles. The minimum Gasteiger partial charge on any atom is -0.493 e. The molecule has 1 amide bonds. The number of carbonyl (C=O) groups is 1. The minimum atomic E-state index is -3.80. The molecule has 210 valence electrons. The van der Waals surface area contributed by atoms with Crippen LogP contribution in [0.15, 0.2) is 47.4 Å². The molecule has 0 N–H and O–H groups in total. The summed E-state index contributed by atoms with van der Waals surface area (Å²) in [5.74, 6) is 0.222. The summed E-state index contributed by atoms with van der Waals surface area (Å²) in [6.45, 7) is 14.0. The molecule has 9 heteroatoms. The van der Waals surface area contributed by atoms with Gasteiger partial charge in [0, 0.05) is 19.0 Å². The molecule has 2 aromatic rings. The van der Waals surface area contributed by atoms with Gasteiger partial charge in [-0.15, -0.1) is 0 Å². The van der Waals surface area contributed by atoms with Gasteiger partial charge in [0.15, 0.2) is 0 Å². The van der Waals surface area contributed by atoms with Crippen molar-refractivity contribution in [2.45, 2.75) is 71.6 Å². The second-order valence-corrected chi connectivity index (χ2v) is 13.4. The Hall–Kier alpha value is -2.81. The maximum absolute atomic E-state index is 14.8. The summed E-state index contributed by atoms with van der Waals surface area (Å²) in [7, 11) is -3.80. The lowest BCUT2D eigenvalue weighted by Crippen LogP contribution is -2.48. The highest BCUT2D eigenvalue weighted by atomic mass is 32.2. The molecule has 2 atom stereocenters. The topological polar surface area (TPSA) is 76.2 Å². The van der Waals surface area contributed by atoms with Crippen LogP contribution in [0.5, 0.6) is 5.75 Å². The molecule has 0 aromatic heterocycles. The van der Waals surface area contributed by atoms with E-state index in [1.54, 1.807) is 32.9 Å². The summed E-state index contributed by atoms with van der Waals surface area (Å²) in [6, 6.07) is 12.0. The third kappa shape index (κ3) is 7.62. The number of sulfonamides is 1. The Bertz CT molecular complexity index is 1210. The number of piperidine rings is 1. The molecule has 1 heterocycles. The molecule has 1 aliphatic heterocycles. The van der Waals surface area contributed by atoms with Gasteiger partial charge < -0.3 is 14.4 Å². The van der Waals surface area contributed by atoms with Crippen LogP contribution in [0, 0.1) is 25.7 Å². The number of benzene rings is 2. The zero-order chi connectivity index (χ0) is 28.3. The summed E-state index contributed by atoms with van der Waals surface area (Å²) in [5.41, 5.74) is 2.00. The molecule has 7 nitrogen and oxygen atoms in total. The zero-order valence-corrected chi connectivity index (χ0v) is 24.3. The van der Waals surface area contributed by atoms with Crippen LogP contribution in [0.1, 0.15) is 52.2 Å². The number of carbonyl (C=O) groups excluding carboxylic acids is 1. The Morgan fingerprint density at radius 1 is 1.13 bits per heavy atom. The first-order valence-corrected chi connectivity index (χ1v) is 14.6. The van der Waals surface area contributed by atoms with Crippen molar-refractivity contribution in [1.29, 1.82) is 0 Å². The fourth-order valence-corrected chi connectivity index (χ4v) is 6.11. The average molecular weight is 549 g/mol. The van der Waals surface area contributed by atoms with Gasteiger partial charge in [0.2, 0.25) is 0 Å². The quantitative estimate of drug-likeness (QED) is 0.397. The van der Waals surface area contributed by atoms with Gasteiger partial charge in [-0.05, 0) is 82.9 Å². The normalized spacial score (nSPS) is 18.4. The third-order valence-electron chi connectivity index (χ3n) is 6.36. The maximum atomic E-state index is 14.8. The van der Waals surface area contributed by atoms with Crippen molar-refractivity contribution < 1.29 is 27.1 Å². The van der Waals surface area contributed by atoms with Gasteiger partial charge in [0.05, 0.1) is 23.7 Å². The van der Waals surface area contributed by atoms with Crippen LogP contribution in [0.2, 0.25) is 0 Å². The number of halogens is 1. The van der Waals surface area contributed by atoms with Crippen LogP contribution in [0.4, 0.5) is 14.9 Å². The molecule has 0 bridgehead atoms. The van der Waals surface area contributed by atoms with Crippen molar-refractivity contribution in [2.24, 2.45) is 11.8 Å². The lowest BCUT2D eigenvalue weighted by Gasteiger charge is -2.35. The smallest absolute Gasteiger partial charge is 0.410 e. The van der Waals surface area contributed by atoms with Crippen molar-refractivity contribution in [2.75, 3.05) is 30.5 Å². The number of aryl methyl sites for hydroxylation is 2. The van der Waals surface area contributed by atoms with Crippen molar-refractivity contribution >= 4 is 21.8 Å². The van der Waals surface area contributed by atoms with Crippen LogP contribution >= 0.6 is 0 Å². The number of hydrogen-bond acceptors (Lipinski definition) is 5. The Kier molecular flexibility index (Phi) is 9.34. The van der Waals surface area contributed by atoms with Crippen molar-refractivity contribution in [3.63, 3.8) is 0 Å². The Morgan fingerprint density at radius 2 is 1.79 bits per heavy atom. The van der Waals surface area contributed by atoms with E-state index < -0.39 is 27.9 Å². The van der Waals surface area contributed by atoms with E-state index >= 15 is 0 Å². The van der Waals surface area contributed by atoms with Gasteiger partial charge in [0.1, 0.15) is 17.5 Å². The summed E-state index contributed by atoms with van der Waals surface area (Å²) in [4.78, 5) is 13.8. The van der Waals surface area contributed by atoms with Crippen molar-refractivity contribution in [1.82, 2.24) is 4.90 Å². The van der Waals surface area contributed by atoms with E-state index in [0.29, 0.717) is 30.9 Å². The molecule has 0 radical (unpaired) electrons. The number of nitrogens with zero attached hydrogens (tertiary/aromatic N) is 2. The number of ether oxygens (including phenoxy) is 2. The van der Waals surface area contributed by atoms with Crippen LogP contribution in [-0.2, 0) is 14.8 Å². The molecule has 0 spiro atoms. The molecule has 1 fully saturated rings. The predicted octanol–water partition coefficient (Wildman–Crippen LogP) is 6.13. The second-order valence-electron chi connectivity index (χ2n) is 11.5. The van der Waals surface area contributed by atoms with Gasteiger partial charge in [-0.2, -0.15) is 0 Å². The number of likely N-dealkylation sites (tertiary alicyclic amines) is 1. The first-order valence-electron chi connectivity index (χ1n) is 13.1. The van der Waals surface area contributed by atoms with Gasteiger partial charge in [-0.25, -0.2) is 17.6 Å². The van der Waals surface area contributed by atoms with E-state index in [4.69, 9.17) is 9.47 Å². The number of amides is 1. The van der Waals surface area contributed by atoms with Crippen molar-refractivity contribution in [3.8, 4) is 5.75 Å². The minimum absolute atomic E-state index is 0.0375. The molecular weight excluding hydrogens is 507 g/mol. The molecule has 3 rings (SSSR count). The van der Waals surface area contributed by atoms with Crippen LogP contribution in [0.25, 0.3) is 0 Å². The fraction of sp³-hybridized carbons (Fsp3) is 0.552. The summed E-state index contributed by atoms with van der Waals surface area (Å²) < 4.78 is 54.7. The first-order chi connectivity index (χ1) is 17.7. The molecule has 0 unspecified atom stereocenters. The number of hydrogen-bond donors (Lipinski definition) is 0. The summed E-state index contributed by atoms with van der Waals surface area (Å²) in [6.07, 6.45) is -1.30. The highest BCUT2D eigenvalue weighted by Gasteiger charge is 2.34. The molecule has 1 aliphatic rings. The van der Waals surface area contributed by atoms with Crippen LogP contribution in [-0.4, -0.2) is 57.4 Å². The highest BCUT2D eigenvalue weighted by Crippen LogP contribution is 2.30. The highest BCUT2D eigenvalue weighted by molar-refractivity contribution is 7.92. The van der Waals surface area contributed by atoms with Crippen molar-refractivity contribution in [3.05, 3.63) is 53.6 Å². The van der Waals surface area contributed by atoms with E-state index in [2.05, 4.69) is 0 Å². The number of rotatable bonds is 8. The third-order valence-corrected chi connectivity index (χ3v) is 8.15. The molecule has 2 aromatic carbocycles. The molecule has 0 aliphatic carbocycles. The monoisotopic (exact) mass is 548 g/mol. The lowest BCUT2D eigenvalue weighted by molar-refractivity contribution is 0.000402. The summed E-state index contributed by atoms with van der Waals surface area (Å²) in [5, 5.41) is 0. The molecular formula is C29H41FN2O5S. The van der Waals surface area contributed by atoms with E-state index in [9.17, 15) is 17.6 Å². The van der Waals surface area contributed by atoms with E-state index in [1.807, 2.05) is 45.9 Å². The molecule has 1 saturated heterocycles. The largest absolute Gasteiger partial charge is 0.493 e. The predicted molar refractivity (Wildman–Crippen MR) is 148 cm³/mol. The molecule has 38 heavy (non-hydrogen) atoms. The SMILES string of the molecule is Cc1ccc(N(CC(C)C)S(=O)(=O)c2ccc(OC[C@@H]3CCN(C(=O)OC(C)(C)C)C[C@@H]3F)cc2)c(C)c1. The van der Waals surface area contributed by atoms with E-state index in [-0.39, 0.29) is 29.9 Å². The number of alkyl halides is 1. The van der Waals surface area contributed by atoms with Crippen LogP contribution in [0.3, 0.4) is 0 Å². The number of anilines is 1. The van der Waals surface area contributed by atoms with Gasteiger partial charge in [-0.1, -0.05) is 31.5 Å². The maximum Gasteiger partial charge on any atom is 0.410 e. The Morgan fingerprint density at radius 3 is 2.34 bits per heavy atom. The van der Waals surface area contributed by atoms with Gasteiger partial charge >= 0.3 is 6.09 Å². The Labute approximate surface area is 227 Å². The summed E-state index contributed by atoms with van der Waals surface area (Å²) >= 11 is 0. The first kappa shape index (κ1) is 29.7.